The first-order chi connectivity index (χ1) is 15.1. The molecule has 0 N–H and O–H groups in total. The number of benzene rings is 1. The van der Waals surface area contributed by atoms with Gasteiger partial charge in [-0.25, -0.2) is 14.2 Å². The maximum atomic E-state index is 13.5. The molecule has 6 rings (SSSR count). The molecule has 3 aromatic heterocycles. The van der Waals surface area contributed by atoms with Crippen molar-refractivity contribution < 1.29 is 13.9 Å². The molecule has 0 radical (unpaired) electrons. The molecule has 154 valence electrons. The number of hydrogen-bond donors (Lipinski definition) is 0. The topological polar surface area (TPSA) is 69.9 Å². The molecular formula is C24H19FN4O2. The Hall–Kier alpha value is -3.61. The number of rotatable bonds is 3. The fourth-order valence-electron chi connectivity index (χ4n) is 5.09. The smallest absolute Gasteiger partial charge is 0.338 e. The van der Waals surface area contributed by atoms with E-state index in [1.165, 1.54) is 19.4 Å². The molecular weight excluding hydrogens is 395 g/mol. The molecule has 1 saturated carbocycles. The Morgan fingerprint density at radius 2 is 2.06 bits per heavy atom. The molecule has 1 fully saturated rings. The van der Waals surface area contributed by atoms with Crippen LogP contribution < -0.4 is 0 Å². The number of aromatic nitrogens is 4. The first kappa shape index (κ1) is 18.2. The molecule has 1 aliphatic carbocycles. The van der Waals surface area contributed by atoms with Gasteiger partial charge in [0.15, 0.2) is 0 Å². The van der Waals surface area contributed by atoms with Crippen LogP contribution in [0.1, 0.15) is 47.4 Å². The van der Waals surface area contributed by atoms with Crippen LogP contribution in [0.5, 0.6) is 0 Å². The number of pyridine rings is 2. The summed E-state index contributed by atoms with van der Waals surface area (Å²) >= 11 is 0. The van der Waals surface area contributed by atoms with Gasteiger partial charge in [-0.15, -0.1) is 0 Å². The van der Waals surface area contributed by atoms with Crippen LogP contribution >= 0.6 is 0 Å². The predicted molar refractivity (Wildman–Crippen MR) is 113 cm³/mol. The Bertz CT molecular complexity index is 1350. The zero-order chi connectivity index (χ0) is 21.1. The van der Waals surface area contributed by atoms with Gasteiger partial charge in [-0.05, 0) is 49.6 Å². The molecule has 4 aromatic rings. The number of ether oxygens (including phenoxy) is 1. The quantitative estimate of drug-likeness (QED) is 0.446. The molecule has 1 aliphatic heterocycles. The lowest BCUT2D eigenvalue weighted by molar-refractivity contribution is 0.0603. The van der Waals surface area contributed by atoms with Gasteiger partial charge in [0.25, 0.3) is 0 Å². The van der Waals surface area contributed by atoms with Crippen molar-refractivity contribution in [3.63, 3.8) is 0 Å². The Kier molecular flexibility index (Phi) is 3.93. The number of halogens is 1. The number of methoxy groups -OCH3 is 1. The van der Waals surface area contributed by atoms with Crippen LogP contribution in [0.3, 0.4) is 0 Å². The van der Waals surface area contributed by atoms with Crippen molar-refractivity contribution in [2.24, 2.45) is 0 Å². The third-order valence-electron chi connectivity index (χ3n) is 6.46. The lowest BCUT2D eigenvalue weighted by Crippen LogP contribution is -2.08. The zero-order valence-corrected chi connectivity index (χ0v) is 16.9. The molecule has 0 unspecified atom stereocenters. The van der Waals surface area contributed by atoms with Gasteiger partial charge in [-0.1, -0.05) is 6.07 Å². The lowest BCUT2D eigenvalue weighted by Gasteiger charge is -2.18. The average molecular weight is 414 g/mol. The number of carbonyl (C=O) groups is 1. The van der Waals surface area contributed by atoms with Gasteiger partial charge in [0, 0.05) is 29.1 Å². The van der Waals surface area contributed by atoms with Crippen LogP contribution in [0.15, 0.2) is 48.8 Å². The minimum absolute atomic E-state index is 0.378. The average Bonchev–Trinajstić information content (AvgIpc) is 3.51. The second-order valence-electron chi connectivity index (χ2n) is 8.14. The summed E-state index contributed by atoms with van der Waals surface area (Å²) in [6, 6.07) is 11.0. The van der Waals surface area contributed by atoms with Crippen LogP contribution in [0.2, 0.25) is 0 Å². The van der Waals surface area contributed by atoms with E-state index in [-0.39, 0.29) is 5.82 Å². The SMILES string of the molecule is COC(=O)c1ccnc2ccc(-c3c(-c4ccc(F)cn4)nc4n3[C@H]3CC[C@@H]4C3)cc12. The summed E-state index contributed by atoms with van der Waals surface area (Å²) in [6.45, 7) is 0. The molecule has 2 aliphatic rings. The maximum absolute atomic E-state index is 13.5. The fraction of sp³-hybridized carbons (Fsp3) is 0.250. The third kappa shape index (κ3) is 2.69. The summed E-state index contributed by atoms with van der Waals surface area (Å²) in [6.07, 6.45) is 6.20. The Labute approximate surface area is 177 Å². The molecule has 0 spiro atoms. The number of fused-ring (bicyclic) bond motifs is 6. The first-order valence-electron chi connectivity index (χ1n) is 10.4. The Morgan fingerprint density at radius 1 is 1.16 bits per heavy atom. The van der Waals surface area contributed by atoms with E-state index in [4.69, 9.17) is 9.72 Å². The monoisotopic (exact) mass is 414 g/mol. The van der Waals surface area contributed by atoms with E-state index in [1.54, 1.807) is 18.3 Å². The molecule has 0 amide bonds. The molecule has 6 nitrogen and oxygen atoms in total. The summed E-state index contributed by atoms with van der Waals surface area (Å²) in [5.74, 6) is 0.747. The Balaban J connectivity index is 1.61. The zero-order valence-electron chi connectivity index (χ0n) is 16.9. The minimum Gasteiger partial charge on any atom is -0.465 e. The van der Waals surface area contributed by atoms with Crippen LogP contribution in [-0.2, 0) is 4.74 Å². The number of esters is 1. The molecule has 0 saturated heterocycles. The highest BCUT2D eigenvalue weighted by Gasteiger charge is 2.41. The fourth-order valence-corrected chi connectivity index (χ4v) is 5.09. The van der Waals surface area contributed by atoms with E-state index in [1.807, 2.05) is 18.2 Å². The van der Waals surface area contributed by atoms with Crippen LogP contribution in [0, 0.1) is 5.82 Å². The van der Waals surface area contributed by atoms with Crippen molar-refractivity contribution in [1.82, 2.24) is 19.5 Å². The van der Waals surface area contributed by atoms with Crippen LogP contribution in [0.25, 0.3) is 33.5 Å². The number of imidazole rings is 1. The van der Waals surface area contributed by atoms with Gasteiger partial charge in [-0.3, -0.25) is 9.97 Å². The maximum Gasteiger partial charge on any atom is 0.338 e. The van der Waals surface area contributed by atoms with E-state index in [0.29, 0.717) is 23.2 Å². The standard InChI is InChI=1S/C24H19FN4O2/c1-31-24(30)17-8-9-26-19-6-3-13(11-18(17)19)22-21(20-7-4-15(25)12-27-20)28-23-14-2-5-16(10-14)29(22)23/h3-4,6-9,11-12,14,16H,2,5,10H2,1H3/t14-,16+/m1/s1. The van der Waals surface area contributed by atoms with Crippen molar-refractivity contribution in [3.8, 4) is 22.6 Å². The largest absolute Gasteiger partial charge is 0.465 e. The third-order valence-corrected chi connectivity index (χ3v) is 6.46. The molecule has 7 heteroatoms. The number of hydrogen-bond acceptors (Lipinski definition) is 5. The van der Waals surface area contributed by atoms with Crippen LogP contribution in [0.4, 0.5) is 4.39 Å². The summed E-state index contributed by atoms with van der Waals surface area (Å²) in [5, 5.41) is 0.726. The van der Waals surface area contributed by atoms with Gasteiger partial charge in [-0.2, -0.15) is 0 Å². The second kappa shape index (κ2) is 6.70. The van der Waals surface area contributed by atoms with Gasteiger partial charge in [0.05, 0.1) is 35.8 Å². The highest BCUT2D eigenvalue weighted by molar-refractivity contribution is 6.04. The van der Waals surface area contributed by atoms with Gasteiger partial charge in [0.2, 0.25) is 0 Å². The van der Waals surface area contributed by atoms with E-state index >= 15 is 0 Å². The number of carbonyl (C=O) groups excluding carboxylic acids is 1. The second-order valence-corrected chi connectivity index (χ2v) is 8.14. The van der Waals surface area contributed by atoms with Gasteiger partial charge >= 0.3 is 5.97 Å². The highest BCUT2D eigenvalue weighted by Crippen LogP contribution is 2.52. The summed E-state index contributed by atoms with van der Waals surface area (Å²) in [7, 11) is 1.37. The molecule has 31 heavy (non-hydrogen) atoms. The van der Waals surface area contributed by atoms with Gasteiger partial charge < -0.3 is 9.30 Å². The number of nitrogens with zero attached hydrogens (tertiary/aromatic N) is 4. The molecule has 2 bridgehead atoms. The molecule has 1 aromatic carbocycles. The first-order valence-corrected chi connectivity index (χ1v) is 10.4. The van der Waals surface area contributed by atoms with Crippen molar-refractivity contribution >= 4 is 16.9 Å². The Morgan fingerprint density at radius 3 is 2.87 bits per heavy atom. The van der Waals surface area contributed by atoms with Crippen molar-refractivity contribution in [3.05, 3.63) is 66.0 Å². The highest BCUT2D eigenvalue weighted by atomic mass is 19.1. The predicted octanol–water partition coefficient (Wildman–Crippen LogP) is 4.91. The molecule has 2 atom stereocenters. The summed E-state index contributed by atoms with van der Waals surface area (Å²) in [4.78, 5) is 26.0. The summed E-state index contributed by atoms with van der Waals surface area (Å²) in [5.41, 5.74) is 4.46. The van der Waals surface area contributed by atoms with E-state index in [9.17, 15) is 9.18 Å². The van der Waals surface area contributed by atoms with E-state index in [0.717, 1.165) is 52.9 Å². The van der Waals surface area contributed by atoms with Crippen molar-refractivity contribution in [2.75, 3.05) is 7.11 Å². The lowest BCUT2D eigenvalue weighted by atomic mass is 10.0. The van der Waals surface area contributed by atoms with E-state index in [2.05, 4.69) is 14.5 Å². The van der Waals surface area contributed by atoms with E-state index < -0.39 is 5.97 Å². The minimum atomic E-state index is -0.400. The van der Waals surface area contributed by atoms with Gasteiger partial charge in [0.1, 0.15) is 17.3 Å². The van der Waals surface area contributed by atoms with Crippen LogP contribution in [-0.4, -0.2) is 32.6 Å². The normalized spacial score (nSPS) is 19.0. The molecule has 4 heterocycles. The van der Waals surface area contributed by atoms with Crippen molar-refractivity contribution in [1.29, 1.82) is 0 Å². The summed E-state index contributed by atoms with van der Waals surface area (Å²) < 4.78 is 20.8. The van der Waals surface area contributed by atoms with Crippen molar-refractivity contribution in [2.45, 2.75) is 31.2 Å².